The van der Waals surface area contributed by atoms with Gasteiger partial charge in [0.1, 0.15) is 5.69 Å². The number of benzene rings is 1. The van der Waals surface area contributed by atoms with Gasteiger partial charge < -0.3 is 18.8 Å². The lowest BCUT2D eigenvalue weighted by molar-refractivity contribution is -0.137. The fraction of sp³-hybridized carbons (Fsp3) is 0.200. The molecule has 0 unspecified atom stereocenters. The zero-order valence-corrected chi connectivity index (χ0v) is 18.8. The first-order valence-electron chi connectivity index (χ1n) is 9.28. The van der Waals surface area contributed by atoms with Crippen LogP contribution in [0, 0.1) is 5.82 Å². The van der Waals surface area contributed by atoms with Crippen molar-refractivity contribution in [2.24, 2.45) is 0 Å². The normalized spacial score (nSPS) is 11.4. The lowest BCUT2D eigenvalue weighted by Crippen LogP contribution is -2.07. The van der Waals surface area contributed by atoms with Crippen LogP contribution in [0.5, 0.6) is 5.75 Å². The van der Waals surface area contributed by atoms with Crippen molar-refractivity contribution >= 4 is 35.3 Å². The van der Waals surface area contributed by atoms with Gasteiger partial charge in [-0.2, -0.15) is 18.2 Å². The van der Waals surface area contributed by atoms with E-state index in [4.69, 9.17) is 42.4 Å². The van der Waals surface area contributed by atoms with E-state index in [1.54, 1.807) is 13.8 Å². The summed E-state index contributed by atoms with van der Waals surface area (Å²) in [5.74, 6) is -0.835. The molecule has 0 spiro atoms. The molecule has 4 aromatic rings. The summed E-state index contributed by atoms with van der Waals surface area (Å²) in [5, 5.41) is 10.6. The highest BCUT2D eigenvalue weighted by Crippen LogP contribution is 2.35. The molecule has 3 aromatic heterocycles. The van der Waals surface area contributed by atoms with Gasteiger partial charge in [0.2, 0.25) is 5.82 Å². The van der Waals surface area contributed by atoms with E-state index in [9.17, 15) is 17.6 Å². The second kappa shape index (κ2) is 9.85. The number of carboxylic acid groups (broad SMARTS) is 1. The number of rotatable bonds is 4. The summed E-state index contributed by atoms with van der Waals surface area (Å²) in [7, 11) is 0. The second-order valence-corrected chi connectivity index (χ2v) is 7.70. The number of halogens is 6. The van der Waals surface area contributed by atoms with Crippen LogP contribution in [-0.4, -0.2) is 37.2 Å². The van der Waals surface area contributed by atoms with Gasteiger partial charge in [0.25, 0.3) is 12.4 Å². The minimum atomic E-state index is -4.58. The third-order valence-electron chi connectivity index (χ3n) is 4.10. The van der Waals surface area contributed by atoms with Crippen molar-refractivity contribution in [3.8, 4) is 28.7 Å². The van der Waals surface area contributed by atoms with Gasteiger partial charge in [0.15, 0.2) is 17.2 Å². The molecule has 3 heterocycles. The standard InChI is InChI=1S/C19H12Cl2F4N4O2.CH2O2/c1-8(2)30-15-5-11(20)10(4-13(15)22)16-27-18(31-28-16)14-7-29-6-9(19(23,24)25)3-12(21)17(29)26-14;2-1-3/h3-8H,1-2H3;1H,(H,2,3). The Labute approximate surface area is 198 Å². The molecular formula is C20H14Cl2F4N4O4. The summed E-state index contributed by atoms with van der Waals surface area (Å²) in [4.78, 5) is 16.6. The van der Waals surface area contributed by atoms with Gasteiger partial charge in [0, 0.05) is 24.0 Å². The van der Waals surface area contributed by atoms with E-state index < -0.39 is 17.6 Å². The molecular weight excluding hydrogens is 507 g/mol. The Hall–Kier alpha value is -3.38. The number of nitrogens with zero attached hydrogens (tertiary/aromatic N) is 4. The average Bonchev–Trinajstić information content (AvgIpc) is 3.37. The van der Waals surface area contributed by atoms with E-state index in [0.29, 0.717) is 0 Å². The van der Waals surface area contributed by atoms with E-state index in [1.807, 2.05) is 0 Å². The molecule has 0 fully saturated rings. The minimum absolute atomic E-state index is 0.0251. The summed E-state index contributed by atoms with van der Waals surface area (Å²) in [5.41, 5.74) is -0.641. The summed E-state index contributed by atoms with van der Waals surface area (Å²) in [6.45, 7) is 3.23. The molecule has 0 amide bonds. The number of fused-ring (bicyclic) bond motifs is 1. The molecule has 34 heavy (non-hydrogen) atoms. The molecule has 1 aromatic carbocycles. The van der Waals surface area contributed by atoms with Crippen LogP contribution >= 0.6 is 23.2 Å². The molecule has 1 N–H and O–H groups in total. The fourth-order valence-corrected chi connectivity index (χ4v) is 3.29. The highest BCUT2D eigenvalue weighted by Gasteiger charge is 2.32. The Balaban J connectivity index is 0.00000103. The predicted molar refractivity (Wildman–Crippen MR) is 113 cm³/mol. The van der Waals surface area contributed by atoms with E-state index in [0.717, 1.165) is 22.7 Å². The van der Waals surface area contributed by atoms with Crippen LogP contribution in [-0.2, 0) is 11.0 Å². The Bertz CT molecular complexity index is 1340. The molecule has 0 saturated carbocycles. The van der Waals surface area contributed by atoms with Crippen molar-refractivity contribution in [2.45, 2.75) is 26.1 Å². The molecule has 0 aliphatic rings. The van der Waals surface area contributed by atoms with Gasteiger partial charge in [-0.25, -0.2) is 9.37 Å². The van der Waals surface area contributed by atoms with Gasteiger partial charge in [-0.15, -0.1) is 0 Å². The van der Waals surface area contributed by atoms with Crippen molar-refractivity contribution in [1.29, 1.82) is 0 Å². The molecule has 0 atom stereocenters. The molecule has 0 aliphatic carbocycles. The summed E-state index contributed by atoms with van der Waals surface area (Å²) in [6, 6.07) is 3.17. The average molecular weight is 521 g/mol. The topological polar surface area (TPSA) is 103 Å². The van der Waals surface area contributed by atoms with E-state index >= 15 is 0 Å². The number of carbonyl (C=O) groups is 1. The first-order valence-corrected chi connectivity index (χ1v) is 10.0. The lowest BCUT2D eigenvalue weighted by atomic mass is 10.2. The maximum absolute atomic E-state index is 14.3. The highest BCUT2D eigenvalue weighted by atomic mass is 35.5. The smallest absolute Gasteiger partial charge is 0.417 e. The molecule has 180 valence electrons. The molecule has 8 nitrogen and oxygen atoms in total. The van der Waals surface area contributed by atoms with Crippen molar-refractivity contribution in [2.75, 3.05) is 0 Å². The number of hydrogen-bond acceptors (Lipinski definition) is 6. The molecule has 4 rings (SSSR count). The first-order chi connectivity index (χ1) is 15.9. The van der Waals surface area contributed by atoms with Crippen LogP contribution in [0.1, 0.15) is 19.4 Å². The lowest BCUT2D eigenvalue weighted by Gasteiger charge is -2.11. The zero-order chi connectivity index (χ0) is 25.2. The van der Waals surface area contributed by atoms with Crippen molar-refractivity contribution in [3.63, 3.8) is 0 Å². The van der Waals surface area contributed by atoms with E-state index in [1.165, 1.54) is 12.3 Å². The van der Waals surface area contributed by atoms with E-state index in [-0.39, 0.29) is 57.0 Å². The maximum Gasteiger partial charge on any atom is 0.417 e. The van der Waals surface area contributed by atoms with Gasteiger partial charge in [-0.05, 0) is 26.0 Å². The predicted octanol–water partition coefficient (Wildman–Crippen LogP) is 6.00. The van der Waals surface area contributed by atoms with Crippen LogP contribution in [0.4, 0.5) is 17.6 Å². The summed E-state index contributed by atoms with van der Waals surface area (Å²) >= 11 is 12.1. The quantitative estimate of drug-likeness (QED) is 0.260. The highest BCUT2D eigenvalue weighted by molar-refractivity contribution is 6.33. The van der Waals surface area contributed by atoms with Crippen molar-refractivity contribution < 1.29 is 36.7 Å². The molecule has 0 saturated heterocycles. The van der Waals surface area contributed by atoms with Gasteiger partial charge >= 0.3 is 6.18 Å². The summed E-state index contributed by atoms with van der Waals surface area (Å²) < 4.78 is 64.9. The molecule has 0 bridgehead atoms. The van der Waals surface area contributed by atoms with Crippen LogP contribution < -0.4 is 4.74 Å². The van der Waals surface area contributed by atoms with Crippen molar-refractivity contribution in [3.05, 3.63) is 52.0 Å². The number of aromatic nitrogens is 4. The van der Waals surface area contributed by atoms with E-state index in [2.05, 4.69) is 15.1 Å². The number of ether oxygens (including phenoxy) is 1. The monoisotopic (exact) mass is 520 g/mol. The number of alkyl halides is 3. The molecule has 14 heteroatoms. The zero-order valence-electron chi connectivity index (χ0n) is 17.3. The molecule has 0 aliphatic heterocycles. The van der Waals surface area contributed by atoms with Gasteiger partial charge in [0.05, 0.1) is 21.7 Å². The summed E-state index contributed by atoms with van der Waals surface area (Å²) in [6.07, 6.45) is -2.73. The Morgan fingerprint density at radius 2 is 1.82 bits per heavy atom. The number of hydrogen-bond donors (Lipinski definition) is 1. The molecule has 0 radical (unpaired) electrons. The van der Waals surface area contributed by atoms with Gasteiger partial charge in [-0.3, -0.25) is 4.79 Å². The Morgan fingerprint density at radius 1 is 1.15 bits per heavy atom. The third kappa shape index (κ3) is 5.39. The van der Waals surface area contributed by atoms with Crippen LogP contribution in [0.25, 0.3) is 28.6 Å². The van der Waals surface area contributed by atoms with Crippen LogP contribution in [0.2, 0.25) is 10.0 Å². The largest absolute Gasteiger partial charge is 0.488 e. The maximum atomic E-state index is 14.3. The minimum Gasteiger partial charge on any atom is -0.488 e. The second-order valence-electron chi connectivity index (χ2n) is 6.89. The third-order valence-corrected chi connectivity index (χ3v) is 4.69. The number of imidazole rings is 1. The van der Waals surface area contributed by atoms with Gasteiger partial charge in [-0.1, -0.05) is 28.4 Å². The first kappa shape index (κ1) is 25.2. The van der Waals surface area contributed by atoms with Crippen LogP contribution in [0.3, 0.4) is 0 Å². The Morgan fingerprint density at radius 3 is 2.44 bits per heavy atom. The Kier molecular flexibility index (Phi) is 7.32. The SMILES string of the molecule is CC(C)Oc1cc(Cl)c(-c2noc(-c3cn4cc(C(F)(F)F)cc(Cl)c4n3)n2)cc1F.O=CO. The van der Waals surface area contributed by atoms with Crippen molar-refractivity contribution in [1.82, 2.24) is 19.5 Å². The fourth-order valence-electron chi connectivity index (χ4n) is 2.80. The van der Waals surface area contributed by atoms with Crippen LogP contribution in [0.15, 0.2) is 35.1 Å². The number of pyridine rings is 1.